The first kappa shape index (κ1) is 26.4. The smallest absolute Gasteiger partial charge is 0.296 e. The molecule has 198 valence electrons. The highest BCUT2D eigenvalue weighted by molar-refractivity contribution is 7.92. The van der Waals surface area contributed by atoms with Gasteiger partial charge in [0.25, 0.3) is 15.9 Å². The number of fused-ring (bicyclic) bond motifs is 1. The normalized spacial score (nSPS) is 10.9. The predicted molar refractivity (Wildman–Crippen MR) is 138 cm³/mol. The van der Waals surface area contributed by atoms with Gasteiger partial charge in [0.1, 0.15) is 27.5 Å². The van der Waals surface area contributed by atoms with E-state index in [1.807, 2.05) is 0 Å². The number of benzene rings is 2. The number of aromatic nitrogens is 3. The van der Waals surface area contributed by atoms with Crippen LogP contribution in [0.1, 0.15) is 18.1 Å². The Bertz CT molecular complexity index is 1650. The number of amides is 1. The van der Waals surface area contributed by atoms with Crippen LogP contribution in [0.2, 0.25) is 0 Å². The fraction of sp³-hybridized carbons (Fsp3) is 0.240. The minimum Gasteiger partial charge on any atom is -0.497 e. The standard InChI is InChI=1S/C25H25N5O7S/c1-5-6-23(31)26-12-17-13-27-30(15-17)14-16-9-20(36-4)24-21(10-16)37-28-25(24)29-38(32,33)22-8-7-18(34-2)11-19(22)35-3/h7-11,13,15H,12,14H2,1-4H3,(H,26,31)(H,28,29). The maximum absolute atomic E-state index is 13.2. The fourth-order valence-corrected chi connectivity index (χ4v) is 4.86. The minimum absolute atomic E-state index is 0.0337. The number of hydrogen-bond donors (Lipinski definition) is 2. The van der Waals surface area contributed by atoms with Crippen molar-refractivity contribution >= 4 is 32.7 Å². The Kier molecular flexibility index (Phi) is 7.73. The molecule has 0 bridgehead atoms. The highest BCUT2D eigenvalue weighted by Gasteiger charge is 2.25. The van der Waals surface area contributed by atoms with Crippen LogP contribution < -0.4 is 24.2 Å². The third kappa shape index (κ3) is 5.65. The van der Waals surface area contributed by atoms with Crippen LogP contribution >= 0.6 is 0 Å². The van der Waals surface area contributed by atoms with Gasteiger partial charge in [0.05, 0.1) is 34.1 Å². The van der Waals surface area contributed by atoms with Gasteiger partial charge >= 0.3 is 0 Å². The molecule has 1 amide bonds. The van der Waals surface area contributed by atoms with Gasteiger partial charge in [-0.25, -0.2) is 8.42 Å². The number of nitrogens with one attached hydrogen (secondary N) is 2. The highest BCUT2D eigenvalue weighted by Crippen LogP contribution is 2.36. The van der Waals surface area contributed by atoms with E-state index in [1.54, 1.807) is 36.1 Å². The summed E-state index contributed by atoms with van der Waals surface area (Å²) in [5.74, 6) is 5.47. The number of carbonyl (C=O) groups is 1. The molecule has 2 aromatic carbocycles. The molecule has 0 spiro atoms. The summed E-state index contributed by atoms with van der Waals surface area (Å²) in [6.07, 6.45) is 3.43. The number of sulfonamides is 1. The number of anilines is 1. The molecule has 0 atom stereocenters. The van der Waals surface area contributed by atoms with Crippen molar-refractivity contribution in [2.75, 3.05) is 26.1 Å². The monoisotopic (exact) mass is 539 g/mol. The number of rotatable bonds is 10. The molecular weight excluding hydrogens is 514 g/mol. The molecule has 4 rings (SSSR count). The Morgan fingerprint density at radius 1 is 1.08 bits per heavy atom. The second kappa shape index (κ2) is 11.1. The fourth-order valence-electron chi connectivity index (χ4n) is 3.70. The third-order valence-electron chi connectivity index (χ3n) is 5.43. The number of methoxy groups -OCH3 is 3. The van der Waals surface area contributed by atoms with E-state index in [4.69, 9.17) is 18.7 Å². The molecule has 13 heteroatoms. The Hall–Kier alpha value is -4.70. The van der Waals surface area contributed by atoms with Gasteiger partial charge in [-0.2, -0.15) is 5.10 Å². The van der Waals surface area contributed by atoms with Gasteiger partial charge in [-0.15, -0.1) is 0 Å². The lowest BCUT2D eigenvalue weighted by molar-refractivity contribution is -0.115. The van der Waals surface area contributed by atoms with Gasteiger partial charge in [0.15, 0.2) is 11.4 Å². The SMILES string of the molecule is CC#CC(=O)NCc1cnn(Cc2cc(OC)c3c(NS(=O)(=O)c4ccc(OC)cc4OC)noc3c2)c1. The van der Waals surface area contributed by atoms with Gasteiger partial charge in [-0.1, -0.05) is 11.1 Å². The highest BCUT2D eigenvalue weighted by atomic mass is 32.2. The maximum Gasteiger partial charge on any atom is 0.296 e. The van der Waals surface area contributed by atoms with Crippen molar-refractivity contribution in [3.05, 3.63) is 53.9 Å². The Labute approximate surface area is 218 Å². The first-order chi connectivity index (χ1) is 18.3. The molecule has 0 aliphatic heterocycles. The van der Waals surface area contributed by atoms with E-state index in [-0.39, 0.29) is 22.4 Å². The summed E-state index contributed by atoms with van der Waals surface area (Å²) in [4.78, 5) is 11.4. The predicted octanol–water partition coefficient (Wildman–Crippen LogP) is 2.54. The lowest BCUT2D eigenvalue weighted by Crippen LogP contribution is -2.20. The summed E-state index contributed by atoms with van der Waals surface area (Å²) in [6.45, 7) is 2.24. The topological polar surface area (TPSA) is 147 Å². The van der Waals surface area contributed by atoms with E-state index >= 15 is 0 Å². The van der Waals surface area contributed by atoms with Crippen LogP contribution in [-0.2, 0) is 27.9 Å². The van der Waals surface area contributed by atoms with Crippen LogP contribution in [0.3, 0.4) is 0 Å². The Morgan fingerprint density at radius 2 is 1.87 bits per heavy atom. The number of carbonyl (C=O) groups excluding carboxylic acids is 1. The largest absolute Gasteiger partial charge is 0.497 e. The van der Waals surface area contributed by atoms with Crippen molar-refractivity contribution in [2.45, 2.75) is 24.9 Å². The van der Waals surface area contributed by atoms with Crippen molar-refractivity contribution in [2.24, 2.45) is 0 Å². The Balaban J connectivity index is 1.58. The molecule has 0 aliphatic rings. The summed E-state index contributed by atoms with van der Waals surface area (Å²) in [7, 11) is 0.198. The quantitative estimate of drug-likeness (QED) is 0.290. The summed E-state index contributed by atoms with van der Waals surface area (Å²) in [5, 5.41) is 11.3. The molecule has 0 radical (unpaired) electrons. The molecular formula is C25H25N5O7S. The van der Waals surface area contributed by atoms with E-state index in [9.17, 15) is 13.2 Å². The first-order valence-electron chi connectivity index (χ1n) is 11.2. The zero-order valence-corrected chi connectivity index (χ0v) is 21.9. The molecule has 2 aromatic heterocycles. The van der Waals surface area contributed by atoms with Crippen LogP contribution in [0.4, 0.5) is 5.82 Å². The van der Waals surface area contributed by atoms with Crippen LogP contribution in [0.15, 0.2) is 52.1 Å². The maximum atomic E-state index is 13.2. The number of hydrogen-bond acceptors (Lipinski definition) is 9. The molecule has 0 aliphatic carbocycles. The van der Waals surface area contributed by atoms with Crippen molar-refractivity contribution in [1.29, 1.82) is 0 Å². The Morgan fingerprint density at radius 3 is 2.58 bits per heavy atom. The third-order valence-corrected chi connectivity index (χ3v) is 6.81. The van der Waals surface area contributed by atoms with Crippen LogP contribution in [0.5, 0.6) is 17.2 Å². The summed E-state index contributed by atoms with van der Waals surface area (Å²) in [6, 6.07) is 7.81. The summed E-state index contributed by atoms with van der Waals surface area (Å²) < 4.78 is 51.8. The molecule has 2 heterocycles. The van der Waals surface area contributed by atoms with Crippen molar-refractivity contribution < 1.29 is 31.9 Å². The average molecular weight is 540 g/mol. The summed E-state index contributed by atoms with van der Waals surface area (Å²) >= 11 is 0. The second-order valence-electron chi connectivity index (χ2n) is 7.93. The lowest BCUT2D eigenvalue weighted by atomic mass is 10.1. The zero-order chi connectivity index (χ0) is 27.3. The minimum atomic E-state index is -4.10. The molecule has 4 aromatic rings. The van der Waals surface area contributed by atoms with Crippen molar-refractivity contribution in [3.63, 3.8) is 0 Å². The first-order valence-corrected chi connectivity index (χ1v) is 12.7. The molecule has 0 fully saturated rings. The zero-order valence-electron chi connectivity index (χ0n) is 21.1. The molecule has 0 unspecified atom stereocenters. The van der Waals surface area contributed by atoms with Crippen molar-refractivity contribution in [1.82, 2.24) is 20.3 Å². The van der Waals surface area contributed by atoms with Gasteiger partial charge in [-0.3, -0.25) is 14.2 Å². The van der Waals surface area contributed by atoms with Crippen LogP contribution in [0.25, 0.3) is 11.0 Å². The van der Waals surface area contributed by atoms with Crippen LogP contribution in [0, 0.1) is 11.8 Å². The van der Waals surface area contributed by atoms with E-state index in [0.29, 0.717) is 35.6 Å². The van der Waals surface area contributed by atoms with Gasteiger partial charge < -0.3 is 24.1 Å². The van der Waals surface area contributed by atoms with E-state index in [2.05, 4.69) is 32.1 Å². The lowest BCUT2D eigenvalue weighted by Gasteiger charge is -2.12. The van der Waals surface area contributed by atoms with Gasteiger partial charge in [0, 0.05) is 24.4 Å². The molecule has 12 nitrogen and oxygen atoms in total. The second-order valence-corrected chi connectivity index (χ2v) is 9.58. The van der Waals surface area contributed by atoms with E-state index in [1.165, 1.54) is 39.5 Å². The molecule has 38 heavy (non-hydrogen) atoms. The number of nitrogens with zero attached hydrogens (tertiary/aromatic N) is 3. The number of ether oxygens (including phenoxy) is 3. The molecule has 0 saturated heterocycles. The van der Waals surface area contributed by atoms with E-state index in [0.717, 1.165) is 11.1 Å². The van der Waals surface area contributed by atoms with Gasteiger partial charge in [0.2, 0.25) is 0 Å². The summed E-state index contributed by atoms with van der Waals surface area (Å²) in [5.41, 5.74) is 1.89. The molecule has 0 saturated carbocycles. The van der Waals surface area contributed by atoms with E-state index < -0.39 is 10.0 Å². The van der Waals surface area contributed by atoms with Gasteiger partial charge in [-0.05, 0) is 42.7 Å². The molecule has 2 N–H and O–H groups in total. The van der Waals surface area contributed by atoms with Crippen molar-refractivity contribution in [3.8, 4) is 29.1 Å². The van der Waals surface area contributed by atoms with Crippen LogP contribution in [-0.4, -0.2) is 50.6 Å². The average Bonchev–Trinajstić information content (AvgIpc) is 3.53.